The third kappa shape index (κ3) is 2.65. The number of amides is 1. The van der Waals surface area contributed by atoms with E-state index in [4.69, 9.17) is 9.40 Å². The Kier molecular flexibility index (Phi) is 3.65. The van der Waals surface area contributed by atoms with E-state index in [0.29, 0.717) is 17.2 Å². The minimum absolute atomic E-state index is 0.0824. The first-order valence-electron chi connectivity index (χ1n) is 7.91. The monoisotopic (exact) mass is 326 g/mol. The molecule has 0 saturated carbocycles. The number of thiazole rings is 1. The van der Waals surface area contributed by atoms with Gasteiger partial charge >= 0.3 is 0 Å². The van der Waals surface area contributed by atoms with Crippen LogP contribution in [0.5, 0.6) is 0 Å². The molecule has 4 rings (SSSR count). The quantitative estimate of drug-likeness (QED) is 0.708. The van der Waals surface area contributed by atoms with Crippen LogP contribution >= 0.6 is 11.3 Å². The molecule has 4 nitrogen and oxygen atoms in total. The smallest absolute Gasteiger partial charge is 0.257 e. The van der Waals surface area contributed by atoms with Gasteiger partial charge < -0.3 is 9.32 Å². The summed E-state index contributed by atoms with van der Waals surface area (Å²) in [6.45, 7) is 3.40. The first-order chi connectivity index (χ1) is 11.2. The van der Waals surface area contributed by atoms with Gasteiger partial charge in [0.2, 0.25) is 0 Å². The summed E-state index contributed by atoms with van der Waals surface area (Å²) >= 11 is 1.78. The fourth-order valence-electron chi connectivity index (χ4n) is 3.17. The number of hydrogen-bond donors (Lipinski definition) is 0. The minimum atomic E-state index is 0.0824. The van der Waals surface area contributed by atoms with E-state index < -0.39 is 0 Å². The van der Waals surface area contributed by atoms with Crippen LogP contribution in [-0.4, -0.2) is 28.9 Å². The van der Waals surface area contributed by atoms with E-state index >= 15 is 0 Å². The molecule has 0 radical (unpaired) electrons. The second kappa shape index (κ2) is 5.81. The van der Waals surface area contributed by atoms with Crippen LogP contribution in [-0.2, 0) is 0 Å². The van der Waals surface area contributed by atoms with E-state index in [9.17, 15) is 4.79 Å². The Bertz CT molecular complexity index is 810. The molecule has 1 aromatic carbocycles. The van der Waals surface area contributed by atoms with E-state index in [0.717, 1.165) is 31.4 Å². The molecule has 1 saturated heterocycles. The van der Waals surface area contributed by atoms with Crippen molar-refractivity contribution in [1.82, 2.24) is 9.88 Å². The van der Waals surface area contributed by atoms with Gasteiger partial charge in [0.1, 0.15) is 5.76 Å². The summed E-state index contributed by atoms with van der Waals surface area (Å²) in [5, 5.41) is 1.21. The van der Waals surface area contributed by atoms with Gasteiger partial charge in [-0.15, -0.1) is 11.3 Å². The Balaban J connectivity index is 1.46. The summed E-state index contributed by atoms with van der Waals surface area (Å²) in [4.78, 5) is 19.2. The summed E-state index contributed by atoms with van der Waals surface area (Å²) in [5.41, 5.74) is 1.77. The predicted octanol–water partition coefficient (Wildman–Crippen LogP) is 4.22. The largest absolute Gasteiger partial charge is 0.469 e. The first-order valence-corrected chi connectivity index (χ1v) is 8.73. The molecule has 1 fully saturated rings. The van der Waals surface area contributed by atoms with Gasteiger partial charge in [-0.05, 0) is 38.0 Å². The van der Waals surface area contributed by atoms with Crippen LogP contribution in [0.4, 0.5) is 0 Å². The Morgan fingerprint density at radius 1 is 1.26 bits per heavy atom. The highest BCUT2D eigenvalue weighted by Crippen LogP contribution is 2.34. The van der Waals surface area contributed by atoms with Gasteiger partial charge in [0.15, 0.2) is 0 Å². The van der Waals surface area contributed by atoms with Crippen LogP contribution < -0.4 is 0 Å². The number of benzene rings is 1. The zero-order valence-corrected chi connectivity index (χ0v) is 13.8. The SMILES string of the molecule is Cc1occc1C(=O)N1CCC(c2nc3ccccc3s2)CC1. The molecule has 0 spiro atoms. The molecule has 3 heterocycles. The van der Waals surface area contributed by atoms with E-state index in [-0.39, 0.29) is 5.91 Å². The number of piperidine rings is 1. The molecule has 0 N–H and O–H groups in total. The molecule has 0 bridgehead atoms. The van der Waals surface area contributed by atoms with E-state index in [1.165, 1.54) is 9.71 Å². The van der Waals surface area contributed by atoms with Crippen LogP contribution in [0.15, 0.2) is 41.0 Å². The molecule has 2 aromatic heterocycles. The maximum atomic E-state index is 12.5. The number of likely N-dealkylation sites (tertiary alicyclic amines) is 1. The van der Waals surface area contributed by atoms with Crippen LogP contribution in [0.25, 0.3) is 10.2 Å². The highest BCUT2D eigenvalue weighted by atomic mass is 32.1. The van der Waals surface area contributed by atoms with Gasteiger partial charge in [0.25, 0.3) is 5.91 Å². The van der Waals surface area contributed by atoms with Crippen molar-refractivity contribution in [3.8, 4) is 0 Å². The first kappa shape index (κ1) is 14.5. The van der Waals surface area contributed by atoms with Crippen molar-refractivity contribution in [2.75, 3.05) is 13.1 Å². The summed E-state index contributed by atoms with van der Waals surface area (Å²) < 4.78 is 6.49. The second-order valence-electron chi connectivity index (χ2n) is 5.98. The van der Waals surface area contributed by atoms with Crippen molar-refractivity contribution >= 4 is 27.5 Å². The lowest BCUT2D eigenvalue weighted by Crippen LogP contribution is -2.38. The number of carbonyl (C=O) groups excluding carboxylic acids is 1. The molecule has 23 heavy (non-hydrogen) atoms. The maximum absolute atomic E-state index is 12.5. The number of aryl methyl sites for hydroxylation is 1. The topological polar surface area (TPSA) is 46.3 Å². The number of furan rings is 1. The average molecular weight is 326 g/mol. The number of nitrogens with zero attached hydrogens (tertiary/aromatic N) is 2. The van der Waals surface area contributed by atoms with Crippen molar-refractivity contribution in [1.29, 1.82) is 0 Å². The lowest BCUT2D eigenvalue weighted by molar-refractivity contribution is 0.0711. The molecular formula is C18H18N2O2S. The van der Waals surface area contributed by atoms with Gasteiger partial charge in [-0.25, -0.2) is 4.98 Å². The molecule has 1 aliphatic rings. The third-order valence-electron chi connectivity index (χ3n) is 4.53. The average Bonchev–Trinajstić information content (AvgIpc) is 3.20. The van der Waals surface area contributed by atoms with E-state index in [2.05, 4.69) is 18.2 Å². The third-order valence-corrected chi connectivity index (χ3v) is 5.73. The van der Waals surface area contributed by atoms with E-state index in [1.807, 2.05) is 17.9 Å². The molecule has 5 heteroatoms. The van der Waals surface area contributed by atoms with Crippen molar-refractivity contribution in [3.05, 3.63) is 52.9 Å². The Morgan fingerprint density at radius 3 is 2.74 bits per heavy atom. The van der Waals surface area contributed by atoms with Crippen molar-refractivity contribution < 1.29 is 9.21 Å². The molecule has 1 amide bonds. The summed E-state index contributed by atoms with van der Waals surface area (Å²) in [6.07, 6.45) is 3.53. The highest BCUT2D eigenvalue weighted by molar-refractivity contribution is 7.18. The van der Waals surface area contributed by atoms with Crippen molar-refractivity contribution in [2.45, 2.75) is 25.7 Å². The number of rotatable bonds is 2. The van der Waals surface area contributed by atoms with Crippen LogP contribution in [0.3, 0.4) is 0 Å². The molecule has 0 unspecified atom stereocenters. The number of carbonyl (C=O) groups is 1. The number of hydrogen-bond acceptors (Lipinski definition) is 4. The molecule has 0 atom stereocenters. The van der Waals surface area contributed by atoms with Crippen LogP contribution in [0.2, 0.25) is 0 Å². The fraction of sp³-hybridized carbons (Fsp3) is 0.333. The minimum Gasteiger partial charge on any atom is -0.469 e. The van der Waals surface area contributed by atoms with Crippen molar-refractivity contribution in [2.24, 2.45) is 0 Å². The molecule has 3 aromatic rings. The fourth-order valence-corrected chi connectivity index (χ4v) is 4.31. The standard InChI is InChI=1S/C18H18N2O2S/c1-12-14(8-11-22-12)18(21)20-9-6-13(7-10-20)17-19-15-4-2-3-5-16(15)23-17/h2-5,8,11,13H,6-7,9-10H2,1H3. The molecular weight excluding hydrogens is 308 g/mol. The maximum Gasteiger partial charge on any atom is 0.257 e. The van der Waals surface area contributed by atoms with Gasteiger partial charge in [0.05, 0.1) is 27.1 Å². The molecule has 1 aliphatic heterocycles. The number of aromatic nitrogens is 1. The van der Waals surface area contributed by atoms with Crippen LogP contribution in [0, 0.1) is 6.92 Å². The predicted molar refractivity (Wildman–Crippen MR) is 90.9 cm³/mol. The molecule has 118 valence electrons. The highest BCUT2D eigenvalue weighted by Gasteiger charge is 2.27. The summed E-state index contributed by atoms with van der Waals surface area (Å²) in [7, 11) is 0. The van der Waals surface area contributed by atoms with E-state index in [1.54, 1.807) is 23.7 Å². The Hall–Kier alpha value is -2.14. The van der Waals surface area contributed by atoms with Crippen LogP contribution in [0.1, 0.15) is 39.9 Å². The lowest BCUT2D eigenvalue weighted by Gasteiger charge is -2.31. The van der Waals surface area contributed by atoms with Gasteiger partial charge in [-0.3, -0.25) is 4.79 Å². The second-order valence-corrected chi connectivity index (χ2v) is 7.04. The van der Waals surface area contributed by atoms with Gasteiger partial charge in [-0.2, -0.15) is 0 Å². The summed E-state index contributed by atoms with van der Waals surface area (Å²) in [6, 6.07) is 10.0. The zero-order chi connectivity index (χ0) is 15.8. The normalized spacial score (nSPS) is 16.1. The number of fused-ring (bicyclic) bond motifs is 1. The Morgan fingerprint density at radius 2 is 2.04 bits per heavy atom. The lowest BCUT2D eigenvalue weighted by atomic mass is 9.97. The zero-order valence-electron chi connectivity index (χ0n) is 13.0. The van der Waals surface area contributed by atoms with Gasteiger partial charge in [-0.1, -0.05) is 12.1 Å². The van der Waals surface area contributed by atoms with Gasteiger partial charge in [0, 0.05) is 19.0 Å². The molecule has 0 aliphatic carbocycles. The van der Waals surface area contributed by atoms with Crippen molar-refractivity contribution in [3.63, 3.8) is 0 Å². The number of para-hydroxylation sites is 1. The summed E-state index contributed by atoms with van der Waals surface area (Å²) in [5.74, 6) is 1.24. The Labute approximate surface area is 138 Å².